The van der Waals surface area contributed by atoms with E-state index in [4.69, 9.17) is 5.11 Å². The van der Waals surface area contributed by atoms with E-state index in [-0.39, 0.29) is 31.8 Å². The number of carboxylic acids is 1. The first kappa shape index (κ1) is 10.2. The molecule has 1 N–H and O–H groups in total. The predicted molar refractivity (Wildman–Crippen MR) is 42.2 cm³/mol. The molecule has 1 aliphatic carbocycles. The van der Waals surface area contributed by atoms with Crippen molar-refractivity contribution in [2.75, 3.05) is 0 Å². The van der Waals surface area contributed by atoms with Gasteiger partial charge in [0.05, 0.1) is 5.92 Å². The van der Waals surface area contributed by atoms with E-state index in [2.05, 4.69) is 0 Å². The summed E-state index contributed by atoms with van der Waals surface area (Å²) in [4.78, 5) is 10.4. The van der Waals surface area contributed by atoms with Gasteiger partial charge in [0.2, 0.25) is 0 Å². The van der Waals surface area contributed by atoms with Gasteiger partial charge in [-0.1, -0.05) is 19.3 Å². The summed E-state index contributed by atoms with van der Waals surface area (Å²) in [5.74, 6) is -0.631. The van der Waals surface area contributed by atoms with Crippen molar-refractivity contribution in [3.05, 3.63) is 0 Å². The van der Waals surface area contributed by atoms with Gasteiger partial charge in [-0.2, -0.15) is 0 Å². The predicted octanol–water partition coefficient (Wildman–Crippen LogP) is 1.50. The molecule has 56 valence electrons. The summed E-state index contributed by atoms with van der Waals surface area (Å²) in [6.07, 6.45) is 5.24. The molecular formula is C7H14MgO2. The third-order valence-electron chi connectivity index (χ3n) is 1.95. The molecule has 0 aromatic rings. The van der Waals surface area contributed by atoms with Crippen LogP contribution < -0.4 is 0 Å². The van der Waals surface area contributed by atoms with Crippen LogP contribution in [-0.4, -0.2) is 34.1 Å². The van der Waals surface area contributed by atoms with Crippen molar-refractivity contribution in [3.8, 4) is 0 Å². The Morgan fingerprint density at radius 2 is 1.80 bits per heavy atom. The molecule has 2 nitrogen and oxygen atoms in total. The number of rotatable bonds is 1. The SMILES string of the molecule is O=C(O)C1CCCCC1.[H-].[H-].[Mg+2]. The van der Waals surface area contributed by atoms with Crippen molar-refractivity contribution in [2.45, 2.75) is 32.1 Å². The molecular weight excluding hydrogens is 140 g/mol. The molecule has 10 heavy (non-hydrogen) atoms. The van der Waals surface area contributed by atoms with Crippen LogP contribution in [0.25, 0.3) is 0 Å². The van der Waals surface area contributed by atoms with Crippen LogP contribution in [0.3, 0.4) is 0 Å². The van der Waals surface area contributed by atoms with Crippen molar-refractivity contribution < 1.29 is 12.8 Å². The summed E-state index contributed by atoms with van der Waals surface area (Å²) in [6, 6.07) is 0. The van der Waals surface area contributed by atoms with Gasteiger partial charge in [-0.05, 0) is 12.8 Å². The number of aliphatic carboxylic acids is 1. The Morgan fingerprint density at radius 3 is 2.10 bits per heavy atom. The van der Waals surface area contributed by atoms with Crippen LogP contribution in [0.1, 0.15) is 35.0 Å². The zero-order valence-electron chi connectivity index (χ0n) is 8.18. The summed E-state index contributed by atoms with van der Waals surface area (Å²) in [5.41, 5.74) is 0. The van der Waals surface area contributed by atoms with Crippen molar-refractivity contribution in [2.24, 2.45) is 5.92 Å². The van der Waals surface area contributed by atoms with Crippen LogP contribution in [0.5, 0.6) is 0 Å². The molecule has 0 spiro atoms. The summed E-state index contributed by atoms with van der Waals surface area (Å²) >= 11 is 0. The van der Waals surface area contributed by atoms with Crippen molar-refractivity contribution in [3.63, 3.8) is 0 Å². The Hall–Kier alpha value is 0.236. The first-order valence-corrected chi connectivity index (χ1v) is 3.53. The van der Waals surface area contributed by atoms with Crippen LogP contribution in [0.2, 0.25) is 0 Å². The van der Waals surface area contributed by atoms with Gasteiger partial charge in [0.15, 0.2) is 0 Å². The first-order valence-electron chi connectivity index (χ1n) is 3.53. The van der Waals surface area contributed by atoms with Crippen LogP contribution in [0, 0.1) is 5.92 Å². The Labute approximate surface area is 80.1 Å². The Kier molecular flexibility index (Phi) is 5.08. The fourth-order valence-corrected chi connectivity index (χ4v) is 1.35. The van der Waals surface area contributed by atoms with Crippen molar-refractivity contribution >= 4 is 29.0 Å². The maximum atomic E-state index is 10.4. The number of hydrogen-bond donors (Lipinski definition) is 1. The van der Waals surface area contributed by atoms with E-state index in [1.165, 1.54) is 6.42 Å². The Bertz CT molecular complexity index is 116. The molecule has 1 rings (SSSR count). The number of carbonyl (C=O) groups is 1. The standard InChI is InChI=1S/C7H12O2.Mg.2H/c8-7(9)6-4-2-1-3-5-6;;;/h6H,1-5H2,(H,8,9);;;/q;+2;2*-1. The fraction of sp³-hybridized carbons (Fsp3) is 0.857. The van der Waals surface area contributed by atoms with E-state index in [9.17, 15) is 4.79 Å². The average molecular weight is 154 g/mol. The largest absolute Gasteiger partial charge is 2.00 e. The summed E-state index contributed by atoms with van der Waals surface area (Å²) in [5, 5.41) is 8.54. The fourth-order valence-electron chi connectivity index (χ4n) is 1.35. The molecule has 0 heterocycles. The van der Waals surface area contributed by atoms with Gasteiger partial charge in [-0.15, -0.1) is 0 Å². The summed E-state index contributed by atoms with van der Waals surface area (Å²) in [7, 11) is 0. The minimum Gasteiger partial charge on any atom is -1.00 e. The van der Waals surface area contributed by atoms with E-state index in [1.54, 1.807) is 0 Å². The molecule has 0 atom stereocenters. The maximum absolute atomic E-state index is 10.4. The molecule has 1 aliphatic rings. The summed E-state index contributed by atoms with van der Waals surface area (Å²) < 4.78 is 0. The molecule has 0 amide bonds. The zero-order valence-corrected chi connectivity index (χ0v) is 7.59. The van der Waals surface area contributed by atoms with E-state index < -0.39 is 5.97 Å². The van der Waals surface area contributed by atoms with Gasteiger partial charge < -0.3 is 7.96 Å². The van der Waals surface area contributed by atoms with E-state index in [0.29, 0.717) is 0 Å². The molecule has 1 fully saturated rings. The van der Waals surface area contributed by atoms with Gasteiger partial charge in [0, 0.05) is 0 Å². The maximum Gasteiger partial charge on any atom is 2.00 e. The minimum absolute atomic E-state index is 0. The van der Waals surface area contributed by atoms with Crippen LogP contribution in [0.4, 0.5) is 0 Å². The minimum atomic E-state index is -0.602. The van der Waals surface area contributed by atoms with Crippen molar-refractivity contribution in [1.29, 1.82) is 0 Å². The second kappa shape index (κ2) is 4.96. The molecule has 0 radical (unpaired) electrons. The Balaban J connectivity index is -0.000000270. The molecule has 0 unspecified atom stereocenters. The molecule has 0 saturated heterocycles. The smallest absolute Gasteiger partial charge is 1.00 e. The monoisotopic (exact) mass is 154 g/mol. The van der Waals surface area contributed by atoms with E-state index in [1.807, 2.05) is 0 Å². The van der Waals surface area contributed by atoms with Gasteiger partial charge in [0.25, 0.3) is 0 Å². The van der Waals surface area contributed by atoms with Gasteiger partial charge >= 0.3 is 29.0 Å². The Morgan fingerprint density at radius 1 is 1.30 bits per heavy atom. The van der Waals surface area contributed by atoms with Crippen LogP contribution >= 0.6 is 0 Å². The third kappa shape index (κ3) is 2.88. The normalized spacial score (nSPS) is 19.6. The molecule has 3 heteroatoms. The summed E-state index contributed by atoms with van der Waals surface area (Å²) in [6.45, 7) is 0. The molecule has 1 saturated carbocycles. The molecule has 0 aliphatic heterocycles. The zero-order chi connectivity index (χ0) is 6.69. The van der Waals surface area contributed by atoms with Crippen LogP contribution in [0.15, 0.2) is 0 Å². The number of hydrogen-bond acceptors (Lipinski definition) is 1. The topological polar surface area (TPSA) is 37.3 Å². The molecule has 0 bridgehead atoms. The van der Waals surface area contributed by atoms with E-state index in [0.717, 1.165) is 25.7 Å². The van der Waals surface area contributed by atoms with Gasteiger partial charge in [-0.3, -0.25) is 4.79 Å². The van der Waals surface area contributed by atoms with Crippen LogP contribution in [-0.2, 0) is 4.79 Å². The number of carboxylic acid groups (broad SMARTS) is 1. The average Bonchev–Trinajstić information content (AvgIpc) is 1.90. The van der Waals surface area contributed by atoms with E-state index >= 15 is 0 Å². The third-order valence-corrected chi connectivity index (χ3v) is 1.95. The second-order valence-electron chi connectivity index (χ2n) is 2.67. The first-order chi connectivity index (χ1) is 4.30. The quantitative estimate of drug-likeness (QED) is 0.581. The molecule has 0 aromatic heterocycles. The van der Waals surface area contributed by atoms with Crippen molar-refractivity contribution in [1.82, 2.24) is 0 Å². The van der Waals surface area contributed by atoms with Gasteiger partial charge in [-0.25, -0.2) is 0 Å². The second-order valence-corrected chi connectivity index (χ2v) is 2.67. The molecule has 0 aromatic carbocycles. The van der Waals surface area contributed by atoms with Gasteiger partial charge in [0.1, 0.15) is 0 Å².